The van der Waals surface area contributed by atoms with Gasteiger partial charge in [0.05, 0.1) is 11.3 Å². The van der Waals surface area contributed by atoms with Gasteiger partial charge in [-0.25, -0.2) is 0 Å². The van der Waals surface area contributed by atoms with Crippen molar-refractivity contribution in [3.05, 3.63) is 53.8 Å². The largest absolute Gasteiger partial charge is 0.461 e. The van der Waals surface area contributed by atoms with Crippen LogP contribution in [0, 0.1) is 0 Å². The quantitative estimate of drug-likeness (QED) is 0.412. The molecule has 1 aromatic carbocycles. The smallest absolute Gasteiger partial charge is 0.163 e. The average molecular weight is 272 g/mol. The van der Waals surface area contributed by atoms with Crippen molar-refractivity contribution in [1.82, 2.24) is 0 Å². The molecule has 0 bridgehead atoms. The van der Waals surface area contributed by atoms with Gasteiger partial charge in [0.1, 0.15) is 5.75 Å². The van der Waals surface area contributed by atoms with E-state index >= 15 is 0 Å². The monoisotopic (exact) mass is 272 g/mol. The Bertz CT molecular complexity index is 536. The van der Waals surface area contributed by atoms with Crippen LogP contribution in [0.1, 0.15) is 57.0 Å². The molecule has 0 aliphatic heterocycles. The summed E-state index contributed by atoms with van der Waals surface area (Å²) in [6.07, 6.45) is 4.60. The molecule has 0 aliphatic rings. The van der Waals surface area contributed by atoms with Crippen LogP contribution in [0.15, 0.2) is 42.7 Å². The molecule has 0 radical (unpaired) electrons. The van der Waals surface area contributed by atoms with Crippen molar-refractivity contribution in [2.45, 2.75) is 46.5 Å². The number of rotatable bonds is 6. The number of allylic oxidation sites excluding steroid dienone is 3. The van der Waals surface area contributed by atoms with E-state index in [1.54, 1.807) is 6.92 Å². The van der Waals surface area contributed by atoms with Gasteiger partial charge in [-0.2, -0.15) is 0 Å². The second-order valence-corrected chi connectivity index (χ2v) is 5.37. The van der Waals surface area contributed by atoms with Crippen molar-refractivity contribution < 1.29 is 9.53 Å². The maximum absolute atomic E-state index is 11.9. The Morgan fingerprint density at radius 1 is 1.40 bits per heavy atom. The Morgan fingerprint density at radius 2 is 2.05 bits per heavy atom. The summed E-state index contributed by atoms with van der Waals surface area (Å²) in [5, 5.41) is 0. The Kier molecular flexibility index (Phi) is 5.32. The fourth-order valence-corrected chi connectivity index (χ4v) is 2.01. The van der Waals surface area contributed by atoms with E-state index in [1.165, 1.54) is 0 Å². The highest BCUT2D eigenvalue weighted by atomic mass is 16.5. The lowest BCUT2D eigenvalue weighted by Crippen LogP contribution is -2.16. The topological polar surface area (TPSA) is 26.3 Å². The van der Waals surface area contributed by atoms with E-state index in [1.807, 2.05) is 44.2 Å². The predicted molar refractivity (Wildman–Crippen MR) is 84.3 cm³/mol. The van der Waals surface area contributed by atoms with Crippen molar-refractivity contribution in [2.75, 3.05) is 0 Å². The first-order chi connectivity index (χ1) is 9.37. The molecule has 0 spiro atoms. The molecule has 108 valence electrons. The maximum atomic E-state index is 11.9. The van der Waals surface area contributed by atoms with Crippen LogP contribution >= 0.6 is 0 Å². The molecule has 0 unspecified atom stereocenters. The lowest BCUT2D eigenvalue weighted by Gasteiger charge is -2.25. The van der Waals surface area contributed by atoms with E-state index in [0.717, 1.165) is 17.7 Å². The highest BCUT2D eigenvalue weighted by Gasteiger charge is 2.24. The highest BCUT2D eigenvalue weighted by molar-refractivity contribution is 5.97. The highest BCUT2D eigenvalue weighted by Crippen LogP contribution is 2.36. The summed E-state index contributed by atoms with van der Waals surface area (Å²) in [5.74, 6) is 1.52. The summed E-state index contributed by atoms with van der Waals surface area (Å²) in [6, 6.07) is 5.70. The van der Waals surface area contributed by atoms with Crippen molar-refractivity contribution in [3.8, 4) is 5.75 Å². The lowest BCUT2D eigenvalue weighted by molar-refractivity contribution is 0.101. The number of benzene rings is 1. The third kappa shape index (κ3) is 3.38. The Morgan fingerprint density at radius 3 is 2.50 bits per heavy atom. The van der Waals surface area contributed by atoms with E-state index in [4.69, 9.17) is 4.74 Å². The molecule has 0 saturated heterocycles. The van der Waals surface area contributed by atoms with Gasteiger partial charge in [-0.15, -0.1) is 6.58 Å². The van der Waals surface area contributed by atoms with Crippen LogP contribution in [0.5, 0.6) is 5.75 Å². The molecular formula is C18H24O2. The molecule has 1 aromatic rings. The molecule has 2 heteroatoms. The van der Waals surface area contributed by atoms with Crippen molar-refractivity contribution in [3.63, 3.8) is 0 Å². The number of carbonyl (C=O) groups is 1. The number of ketones is 1. The fraction of sp³-hybridized carbons (Fsp3) is 0.389. The minimum atomic E-state index is -0.257. The van der Waals surface area contributed by atoms with Gasteiger partial charge < -0.3 is 4.74 Å². The minimum absolute atomic E-state index is 0.00766. The van der Waals surface area contributed by atoms with Crippen molar-refractivity contribution in [2.24, 2.45) is 0 Å². The number of carbonyl (C=O) groups excluding carboxylic acids is 1. The second kappa shape index (κ2) is 6.56. The first kappa shape index (κ1) is 16.2. The van der Waals surface area contributed by atoms with E-state index < -0.39 is 0 Å². The minimum Gasteiger partial charge on any atom is -0.461 e. The number of para-hydroxylation sites is 1. The predicted octanol–water partition coefficient (Wildman–Crippen LogP) is 5.05. The molecule has 0 fully saturated rings. The standard InChI is InChI=1S/C18H24O2/c1-7-14(8-2)20-17-15(13(4)19)11-10-12-16(17)18(5,6)9-3/h7,9-12H,3,8H2,1-2,4-6H3. The van der Waals surface area contributed by atoms with E-state index in [2.05, 4.69) is 20.4 Å². The van der Waals surface area contributed by atoms with Gasteiger partial charge in [0.15, 0.2) is 5.78 Å². The molecule has 0 heterocycles. The van der Waals surface area contributed by atoms with Gasteiger partial charge in [-0.05, 0) is 26.0 Å². The van der Waals surface area contributed by atoms with Crippen molar-refractivity contribution >= 4 is 5.78 Å². The molecular weight excluding hydrogens is 248 g/mol. The maximum Gasteiger partial charge on any atom is 0.163 e. The molecule has 2 nitrogen and oxygen atoms in total. The third-order valence-corrected chi connectivity index (χ3v) is 3.50. The summed E-state index contributed by atoms with van der Waals surface area (Å²) in [4.78, 5) is 11.9. The van der Waals surface area contributed by atoms with Crippen LogP contribution in [-0.4, -0.2) is 5.78 Å². The van der Waals surface area contributed by atoms with Gasteiger partial charge in [0, 0.05) is 17.4 Å². The second-order valence-electron chi connectivity index (χ2n) is 5.37. The van der Waals surface area contributed by atoms with E-state index in [-0.39, 0.29) is 11.2 Å². The number of ether oxygens (including phenoxy) is 1. The van der Waals surface area contributed by atoms with Gasteiger partial charge in [-0.1, -0.05) is 39.0 Å². The fourth-order valence-electron chi connectivity index (χ4n) is 2.01. The van der Waals surface area contributed by atoms with Crippen LogP contribution in [0.25, 0.3) is 0 Å². The molecule has 0 aliphatic carbocycles. The Labute approximate surface area is 122 Å². The first-order valence-corrected chi connectivity index (χ1v) is 6.98. The number of Topliss-reactive ketones (excluding diaryl/α,β-unsaturated/α-hetero) is 1. The summed E-state index contributed by atoms with van der Waals surface area (Å²) in [7, 11) is 0. The molecule has 0 saturated carbocycles. The molecule has 0 aromatic heterocycles. The zero-order valence-corrected chi connectivity index (χ0v) is 13.1. The number of hydrogen-bond donors (Lipinski definition) is 0. The summed E-state index contributed by atoms with van der Waals surface area (Å²) < 4.78 is 6.02. The van der Waals surface area contributed by atoms with Crippen LogP contribution in [0.3, 0.4) is 0 Å². The third-order valence-electron chi connectivity index (χ3n) is 3.50. The average Bonchev–Trinajstić information content (AvgIpc) is 2.44. The number of hydrogen-bond acceptors (Lipinski definition) is 2. The summed E-state index contributed by atoms with van der Waals surface area (Å²) in [6.45, 7) is 13.5. The first-order valence-electron chi connectivity index (χ1n) is 6.98. The van der Waals surface area contributed by atoms with Gasteiger partial charge in [0.2, 0.25) is 0 Å². The van der Waals surface area contributed by atoms with E-state index in [0.29, 0.717) is 11.3 Å². The normalized spacial score (nSPS) is 12.2. The molecule has 20 heavy (non-hydrogen) atoms. The molecule has 1 rings (SSSR count). The zero-order chi connectivity index (χ0) is 15.3. The summed E-state index contributed by atoms with van der Waals surface area (Å²) >= 11 is 0. The molecule has 0 N–H and O–H groups in total. The van der Waals surface area contributed by atoms with E-state index in [9.17, 15) is 4.79 Å². The van der Waals surface area contributed by atoms with Crippen LogP contribution in [0.2, 0.25) is 0 Å². The molecule has 0 atom stereocenters. The molecule has 0 amide bonds. The van der Waals surface area contributed by atoms with Crippen LogP contribution in [-0.2, 0) is 5.41 Å². The Balaban J connectivity index is 3.49. The Hall–Kier alpha value is -1.83. The van der Waals surface area contributed by atoms with Crippen LogP contribution in [0.4, 0.5) is 0 Å². The lowest BCUT2D eigenvalue weighted by atomic mass is 9.83. The van der Waals surface area contributed by atoms with Gasteiger partial charge >= 0.3 is 0 Å². The van der Waals surface area contributed by atoms with Crippen molar-refractivity contribution in [1.29, 1.82) is 0 Å². The SMILES string of the molecule is C=CC(C)(C)c1cccc(C(C)=O)c1OC(=CC)CC. The zero-order valence-electron chi connectivity index (χ0n) is 13.1. The van der Waals surface area contributed by atoms with Gasteiger partial charge in [0.25, 0.3) is 0 Å². The van der Waals surface area contributed by atoms with Crippen LogP contribution < -0.4 is 4.74 Å². The van der Waals surface area contributed by atoms with Gasteiger partial charge in [-0.3, -0.25) is 4.79 Å². The summed E-state index contributed by atoms with van der Waals surface area (Å²) in [5.41, 5.74) is 1.34.